The molecule has 1 unspecified atom stereocenters. The predicted molar refractivity (Wildman–Crippen MR) is 74.6 cm³/mol. The Balaban J connectivity index is 0.00000180. The van der Waals surface area contributed by atoms with Crippen molar-refractivity contribution in [3.63, 3.8) is 0 Å². The van der Waals surface area contributed by atoms with Crippen molar-refractivity contribution in [1.82, 2.24) is 10.0 Å². The fourth-order valence-electron chi connectivity index (χ4n) is 2.19. The highest BCUT2D eigenvalue weighted by Gasteiger charge is 2.25. The predicted octanol–water partition coefficient (Wildman–Crippen LogP) is 1.59. The number of hydrogen-bond donors (Lipinski definition) is 2. The normalized spacial score (nSPS) is 19.8. The summed E-state index contributed by atoms with van der Waals surface area (Å²) >= 11 is 0. The van der Waals surface area contributed by atoms with Crippen LogP contribution in [0.2, 0.25) is 0 Å². The zero-order valence-electron chi connectivity index (χ0n) is 10.6. The minimum atomic E-state index is -3.79. The van der Waals surface area contributed by atoms with Gasteiger partial charge < -0.3 is 5.32 Å². The molecule has 0 amide bonds. The zero-order chi connectivity index (χ0) is 13.2. The van der Waals surface area contributed by atoms with Crippen molar-refractivity contribution in [2.75, 3.05) is 13.1 Å². The summed E-state index contributed by atoms with van der Waals surface area (Å²) in [7, 11) is -3.79. The topological polar surface area (TPSA) is 58.2 Å². The lowest BCUT2D eigenvalue weighted by molar-refractivity contribution is 0.427. The molecular weight excluding hydrogens is 291 g/mol. The minimum Gasteiger partial charge on any atom is -0.315 e. The zero-order valence-corrected chi connectivity index (χ0v) is 12.3. The van der Waals surface area contributed by atoms with Crippen molar-refractivity contribution in [3.8, 4) is 0 Å². The Morgan fingerprint density at radius 2 is 2.16 bits per heavy atom. The molecule has 2 N–H and O–H groups in total. The highest BCUT2D eigenvalue weighted by molar-refractivity contribution is 7.89. The molecule has 1 atom stereocenters. The van der Waals surface area contributed by atoms with Crippen molar-refractivity contribution in [1.29, 1.82) is 0 Å². The average Bonchev–Trinajstić information content (AvgIpc) is 2.28. The average molecular weight is 309 g/mol. The summed E-state index contributed by atoms with van der Waals surface area (Å²) in [6.07, 6.45) is 1.70. The molecule has 0 spiro atoms. The molecular formula is C12H18ClFN2O2S. The first-order valence-corrected chi connectivity index (χ1v) is 7.47. The smallest absolute Gasteiger partial charge is 0.244 e. The molecule has 1 aromatic carbocycles. The molecule has 19 heavy (non-hydrogen) atoms. The van der Waals surface area contributed by atoms with Gasteiger partial charge in [0.15, 0.2) is 0 Å². The Morgan fingerprint density at radius 3 is 2.74 bits per heavy atom. The Bertz CT molecular complexity index is 510. The lowest BCUT2D eigenvalue weighted by Gasteiger charge is -2.24. The molecule has 1 aromatic rings. The highest BCUT2D eigenvalue weighted by Crippen LogP contribution is 2.19. The number of rotatable bonds is 3. The lowest BCUT2D eigenvalue weighted by Crippen LogP contribution is -2.45. The van der Waals surface area contributed by atoms with Gasteiger partial charge in [0.1, 0.15) is 10.7 Å². The van der Waals surface area contributed by atoms with Crippen LogP contribution in [0, 0.1) is 12.7 Å². The van der Waals surface area contributed by atoms with Gasteiger partial charge in [-0.1, -0.05) is 12.1 Å². The third kappa shape index (κ3) is 3.89. The molecule has 1 fully saturated rings. The van der Waals surface area contributed by atoms with E-state index in [4.69, 9.17) is 0 Å². The fourth-order valence-corrected chi connectivity index (χ4v) is 3.76. The number of aryl methyl sites for hydroxylation is 1. The maximum Gasteiger partial charge on any atom is 0.244 e. The van der Waals surface area contributed by atoms with Crippen LogP contribution >= 0.6 is 12.4 Å². The van der Waals surface area contributed by atoms with E-state index in [1.807, 2.05) is 0 Å². The lowest BCUT2D eigenvalue weighted by atomic mass is 10.1. The summed E-state index contributed by atoms with van der Waals surface area (Å²) in [6.45, 7) is 3.08. The molecule has 1 aliphatic heterocycles. The van der Waals surface area contributed by atoms with Crippen molar-refractivity contribution < 1.29 is 12.8 Å². The van der Waals surface area contributed by atoms with Crippen molar-refractivity contribution >= 4 is 22.4 Å². The van der Waals surface area contributed by atoms with Crippen molar-refractivity contribution in [2.45, 2.75) is 30.7 Å². The van der Waals surface area contributed by atoms with Gasteiger partial charge in [0.05, 0.1) is 0 Å². The molecule has 1 heterocycles. The summed E-state index contributed by atoms with van der Waals surface area (Å²) in [5, 5.41) is 3.12. The molecule has 0 aliphatic carbocycles. The minimum absolute atomic E-state index is 0. The fraction of sp³-hybridized carbons (Fsp3) is 0.500. The number of piperidine rings is 1. The van der Waals surface area contributed by atoms with Gasteiger partial charge in [-0.25, -0.2) is 17.5 Å². The van der Waals surface area contributed by atoms with E-state index in [9.17, 15) is 12.8 Å². The van der Waals surface area contributed by atoms with E-state index in [0.29, 0.717) is 12.1 Å². The SMILES string of the molecule is Cc1cccc(F)c1S(=O)(=O)NC1CCCNC1.Cl. The summed E-state index contributed by atoms with van der Waals surface area (Å²) in [4.78, 5) is -0.240. The first-order chi connectivity index (χ1) is 8.50. The van der Waals surface area contributed by atoms with E-state index in [-0.39, 0.29) is 23.3 Å². The molecule has 1 saturated heterocycles. The second-order valence-electron chi connectivity index (χ2n) is 4.55. The van der Waals surface area contributed by atoms with Crippen molar-refractivity contribution in [2.24, 2.45) is 0 Å². The Kier molecular flexibility index (Phi) is 5.73. The number of halogens is 2. The molecule has 0 saturated carbocycles. The summed E-state index contributed by atoms with van der Waals surface area (Å²) in [5.74, 6) is -0.703. The molecule has 108 valence electrons. The number of hydrogen-bond acceptors (Lipinski definition) is 3. The summed E-state index contributed by atoms with van der Waals surface area (Å²) < 4.78 is 40.6. The highest BCUT2D eigenvalue weighted by atomic mass is 35.5. The third-order valence-corrected chi connectivity index (χ3v) is 4.75. The molecule has 0 bridgehead atoms. The maximum atomic E-state index is 13.7. The molecule has 7 heteroatoms. The van der Waals surface area contributed by atoms with Crippen LogP contribution in [0.25, 0.3) is 0 Å². The van der Waals surface area contributed by atoms with Gasteiger partial charge in [0.25, 0.3) is 0 Å². The van der Waals surface area contributed by atoms with Gasteiger partial charge in [-0.15, -0.1) is 12.4 Å². The van der Waals surface area contributed by atoms with Crippen LogP contribution in [0.4, 0.5) is 4.39 Å². The summed E-state index contributed by atoms with van der Waals surface area (Å²) in [6, 6.07) is 4.10. The van der Waals surface area contributed by atoms with E-state index in [1.165, 1.54) is 12.1 Å². The van der Waals surface area contributed by atoms with E-state index in [1.54, 1.807) is 13.0 Å². The van der Waals surface area contributed by atoms with Crippen molar-refractivity contribution in [3.05, 3.63) is 29.6 Å². The molecule has 0 radical (unpaired) electrons. The molecule has 1 aliphatic rings. The van der Waals surface area contributed by atoms with Gasteiger partial charge in [0, 0.05) is 12.6 Å². The largest absolute Gasteiger partial charge is 0.315 e. The Hall–Kier alpha value is -0.690. The van der Waals surface area contributed by atoms with Crippen LogP contribution in [0.5, 0.6) is 0 Å². The standard InChI is InChI=1S/C12H17FN2O2S.ClH/c1-9-4-2-6-11(13)12(9)18(16,17)15-10-5-3-7-14-8-10;/h2,4,6,10,14-15H,3,5,7-8H2,1H3;1H. The van der Waals surface area contributed by atoms with Crippen LogP contribution < -0.4 is 10.0 Å². The molecule has 0 aromatic heterocycles. The monoisotopic (exact) mass is 308 g/mol. The van der Waals surface area contributed by atoms with Gasteiger partial charge in [-0.2, -0.15) is 0 Å². The number of benzene rings is 1. The summed E-state index contributed by atoms with van der Waals surface area (Å²) in [5.41, 5.74) is 0.422. The van der Waals surface area contributed by atoms with Crippen LogP contribution in [-0.4, -0.2) is 27.5 Å². The first-order valence-electron chi connectivity index (χ1n) is 5.99. The van der Waals surface area contributed by atoms with Gasteiger partial charge >= 0.3 is 0 Å². The van der Waals surface area contributed by atoms with Crippen LogP contribution in [0.1, 0.15) is 18.4 Å². The first kappa shape index (κ1) is 16.4. The third-order valence-electron chi connectivity index (χ3n) is 3.05. The van der Waals surface area contributed by atoms with E-state index in [0.717, 1.165) is 19.4 Å². The molecule has 2 rings (SSSR count). The van der Waals surface area contributed by atoms with E-state index in [2.05, 4.69) is 10.0 Å². The Labute approximate surface area is 119 Å². The van der Waals surface area contributed by atoms with E-state index >= 15 is 0 Å². The second-order valence-corrected chi connectivity index (χ2v) is 6.20. The Morgan fingerprint density at radius 1 is 1.42 bits per heavy atom. The van der Waals surface area contributed by atoms with Gasteiger partial charge in [-0.05, 0) is 37.9 Å². The second kappa shape index (κ2) is 6.65. The van der Waals surface area contributed by atoms with Gasteiger partial charge in [0.2, 0.25) is 10.0 Å². The van der Waals surface area contributed by atoms with Crippen LogP contribution in [0.3, 0.4) is 0 Å². The van der Waals surface area contributed by atoms with E-state index < -0.39 is 15.8 Å². The van der Waals surface area contributed by atoms with Crippen LogP contribution in [0.15, 0.2) is 23.1 Å². The maximum absolute atomic E-state index is 13.7. The molecule has 4 nitrogen and oxygen atoms in total. The number of nitrogens with one attached hydrogen (secondary N) is 2. The van der Waals surface area contributed by atoms with Gasteiger partial charge in [-0.3, -0.25) is 0 Å². The number of sulfonamides is 1. The quantitative estimate of drug-likeness (QED) is 0.891. The van der Waals surface area contributed by atoms with Crippen LogP contribution in [-0.2, 0) is 10.0 Å².